The van der Waals surface area contributed by atoms with Gasteiger partial charge in [0.2, 0.25) is 5.91 Å². The maximum atomic E-state index is 12.0. The number of carbonyl (C=O) groups is 1. The van der Waals surface area contributed by atoms with Crippen molar-refractivity contribution in [3.05, 3.63) is 11.4 Å². The summed E-state index contributed by atoms with van der Waals surface area (Å²) in [6.07, 6.45) is 2.11. The highest BCUT2D eigenvalue weighted by Crippen LogP contribution is 2.26. The molecule has 120 valence electrons. The highest BCUT2D eigenvalue weighted by Gasteiger charge is 2.11. The number of thioether (sulfide) groups is 1. The Bertz CT molecular complexity index is 642. The van der Waals surface area contributed by atoms with E-state index < -0.39 is 0 Å². The maximum absolute atomic E-state index is 12.0. The molecule has 0 aliphatic rings. The topological polar surface area (TPSA) is 80.9 Å². The molecule has 1 atom stereocenters. The van der Waals surface area contributed by atoms with Gasteiger partial charge in [-0.1, -0.05) is 25.6 Å². The number of hydrogen-bond acceptors (Lipinski definition) is 6. The Hall–Kier alpha value is -1.34. The van der Waals surface area contributed by atoms with Crippen molar-refractivity contribution in [1.29, 1.82) is 0 Å². The lowest BCUT2D eigenvalue weighted by atomic mass is 10.0. The minimum absolute atomic E-state index is 0.00899. The van der Waals surface area contributed by atoms with Gasteiger partial charge in [0.05, 0.1) is 11.1 Å². The SMILES string of the molecule is CC(C)CC[C@@H](C)NC(=O)CSc1nc(N)c2ccsc2n1. The first-order valence-electron chi connectivity index (χ1n) is 7.38. The van der Waals surface area contributed by atoms with Gasteiger partial charge in [0.15, 0.2) is 5.16 Å². The fourth-order valence-corrected chi connectivity index (χ4v) is 3.52. The lowest BCUT2D eigenvalue weighted by Crippen LogP contribution is -2.34. The van der Waals surface area contributed by atoms with Crippen LogP contribution in [-0.4, -0.2) is 27.7 Å². The second-order valence-electron chi connectivity index (χ2n) is 5.76. The van der Waals surface area contributed by atoms with Gasteiger partial charge < -0.3 is 11.1 Å². The summed E-state index contributed by atoms with van der Waals surface area (Å²) in [7, 11) is 0. The molecule has 0 unspecified atom stereocenters. The van der Waals surface area contributed by atoms with E-state index in [0.29, 0.717) is 22.6 Å². The third-order valence-corrected chi connectivity index (χ3v) is 4.90. The van der Waals surface area contributed by atoms with Crippen LogP contribution in [-0.2, 0) is 4.79 Å². The Morgan fingerprint density at radius 2 is 2.14 bits per heavy atom. The number of nitrogens with two attached hydrogens (primary N) is 1. The van der Waals surface area contributed by atoms with E-state index in [1.807, 2.05) is 18.4 Å². The van der Waals surface area contributed by atoms with Crippen LogP contribution >= 0.6 is 23.1 Å². The molecule has 5 nitrogen and oxygen atoms in total. The summed E-state index contributed by atoms with van der Waals surface area (Å²) in [5, 5.41) is 6.38. The molecule has 0 radical (unpaired) electrons. The lowest BCUT2D eigenvalue weighted by Gasteiger charge is -2.14. The highest BCUT2D eigenvalue weighted by molar-refractivity contribution is 7.99. The van der Waals surface area contributed by atoms with E-state index in [1.54, 1.807) is 0 Å². The predicted octanol–water partition coefficient (Wildman–Crippen LogP) is 3.31. The normalized spacial score (nSPS) is 12.7. The van der Waals surface area contributed by atoms with E-state index in [4.69, 9.17) is 5.73 Å². The molecule has 2 aromatic rings. The van der Waals surface area contributed by atoms with Crippen LogP contribution < -0.4 is 11.1 Å². The van der Waals surface area contributed by atoms with Crippen molar-refractivity contribution >= 4 is 45.0 Å². The summed E-state index contributed by atoms with van der Waals surface area (Å²) in [4.78, 5) is 21.5. The summed E-state index contributed by atoms with van der Waals surface area (Å²) in [5.74, 6) is 1.44. The molecule has 0 aromatic carbocycles. The van der Waals surface area contributed by atoms with Gasteiger partial charge in [-0.15, -0.1) is 11.3 Å². The number of nitrogens with zero attached hydrogens (tertiary/aromatic N) is 2. The molecule has 3 N–H and O–H groups in total. The average molecular weight is 339 g/mol. The van der Waals surface area contributed by atoms with Gasteiger partial charge >= 0.3 is 0 Å². The molecule has 7 heteroatoms. The molecule has 0 bridgehead atoms. The first-order chi connectivity index (χ1) is 10.5. The van der Waals surface area contributed by atoms with Crippen LogP contribution in [0.15, 0.2) is 16.6 Å². The minimum atomic E-state index is 0.00899. The van der Waals surface area contributed by atoms with Gasteiger partial charge in [0.25, 0.3) is 0 Å². The second kappa shape index (κ2) is 7.78. The Kier molecular flexibility index (Phi) is 6.02. The van der Waals surface area contributed by atoms with Crippen LogP contribution in [0.5, 0.6) is 0 Å². The van der Waals surface area contributed by atoms with Crippen molar-refractivity contribution < 1.29 is 4.79 Å². The highest BCUT2D eigenvalue weighted by atomic mass is 32.2. The average Bonchev–Trinajstić information content (AvgIpc) is 2.92. The van der Waals surface area contributed by atoms with E-state index in [2.05, 4.69) is 29.1 Å². The molecule has 1 amide bonds. The van der Waals surface area contributed by atoms with Crippen molar-refractivity contribution in [3.8, 4) is 0 Å². The molecule has 2 rings (SSSR count). The summed E-state index contributed by atoms with van der Waals surface area (Å²) in [6.45, 7) is 6.41. The fraction of sp³-hybridized carbons (Fsp3) is 0.533. The largest absolute Gasteiger partial charge is 0.383 e. The number of aromatic nitrogens is 2. The molecule has 0 fully saturated rings. The van der Waals surface area contributed by atoms with Crippen molar-refractivity contribution in [1.82, 2.24) is 15.3 Å². The first-order valence-corrected chi connectivity index (χ1v) is 9.25. The lowest BCUT2D eigenvalue weighted by molar-refractivity contribution is -0.119. The zero-order valence-electron chi connectivity index (χ0n) is 13.1. The molecule has 0 saturated carbocycles. The van der Waals surface area contributed by atoms with Crippen LogP contribution in [0.2, 0.25) is 0 Å². The number of amides is 1. The molecular formula is C15H22N4OS2. The molecule has 0 spiro atoms. The fourth-order valence-electron chi connectivity index (χ4n) is 2.02. The molecule has 0 aliphatic heterocycles. The number of nitrogens with one attached hydrogen (secondary N) is 1. The number of nitrogen functional groups attached to an aromatic ring is 1. The van der Waals surface area contributed by atoms with E-state index in [-0.39, 0.29) is 11.9 Å². The third-order valence-electron chi connectivity index (χ3n) is 3.25. The molecular weight excluding hydrogens is 316 g/mol. The Morgan fingerprint density at radius 3 is 2.86 bits per heavy atom. The van der Waals surface area contributed by atoms with Crippen molar-refractivity contribution in [2.45, 2.75) is 44.8 Å². The zero-order chi connectivity index (χ0) is 16.1. The molecule has 22 heavy (non-hydrogen) atoms. The smallest absolute Gasteiger partial charge is 0.230 e. The Morgan fingerprint density at radius 1 is 1.36 bits per heavy atom. The van der Waals surface area contributed by atoms with Crippen molar-refractivity contribution in [3.63, 3.8) is 0 Å². The van der Waals surface area contributed by atoms with Gasteiger partial charge in [0, 0.05) is 6.04 Å². The first kappa shape index (κ1) is 17.0. The van der Waals surface area contributed by atoms with Crippen LogP contribution in [0.25, 0.3) is 10.2 Å². The quantitative estimate of drug-likeness (QED) is 0.598. The van der Waals surface area contributed by atoms with Gasteiger partial charge in [-0.25, -0.2) is 9.97 Å². The van der Waals surface area contributed by atoms with Crippen molar-refractivity contribution in [2.75, 3.05) is 11.5 Å². The summed E-state index contributed by atoms with van der Waals surface area (Å²) < 4.78 is 0. The standard InChI is InChI=1S/C15H22N4OS2/c1-9(2)4-5-10(3)17-12(20)8-22-15-18-13(16)11-6-7-21-14(11)19-15/h6-7,9-10H,4-5,8H2,1-3H3,(H,17,20)(H2,16,18,19)/t10-/m1/s1. The summed E-state index contributed by atoms with van der Waals surface area (Å²) in [5.41, 5.74) is 5.90. The number of fused-ring (bicyclic) bond motifs is 1. The Balaban J connectivity index is 1.84. The third kappa shape index (κ3) is 4.84. The molecule has 0 aliphatic carbocycles. The molecule has 0 saturated heterocycles. The number of anilines is 1. The summed E-state index contributed by atoms with van der Waals surface area (Å²) >= 11 is 2.84. The summed E-state index contributed by atoms with van der Waals surface area (Å²) in [6, 6.07) is 2.11. The van der Waals surface area contributed by atoms with Gasteiger partial charge in [-0.3, -0.25) is 4.79 Å². The van der Waals surface area contributed by atoms with Crippen LogP contribution in [0.4, 0.5) is 5.82 Å². The van der Waals surface area contributed by atoms with Gasteiger partial charge in [-0.05, 0) is 37.1 Å². The van der Waals surface area contributed by atoms with Crippen LogP contribution in [0.3, 0.4) is 0 Å². The number of thiophene rings is 1. The number of hydrogen-bond donors (Lipinski definition) is 2. The van der Waals surface area contributed by atoms with E-state index >= 15 is 0 Å². The predicted molar refractivity (Wildman–Crippen MR) is 94.2 cm³/mol. The van der Waals surface area contributed by atoms with E-state index in [0.717, 1.165) is 23.1 Å². The monoisotopic (exact) mass is 338 g/mol. The van der Waals surface area contributed by atoms with E-state index in [9.17, 15) is 4.79 Å². The maximum Gasteiger partial charge on any atom is 0.230 e. The van der Waals surface area contributed by atoms with Crippen LogP contribution in [0.1, 0.15) is 33.6 Å². The zero-order valence-corrected chi connectivity index (χ0v) is 14.8. The van der Waals surface area contributed by atoms with Crippen molar-refractivity contribution in [2.24, 2.45) is 5.92 Å². The van der Waals surface area contributed by atoms with E-state index in [1.165, 1.54) is 23.1 Å². The molecule has 2 heterocycles. The van der Waals surface area contributed by atoms with Gasteiger partial charge in [-0.2, -0.15) is 0 Å². The Labute approximate surface area is 139 Å². The van der Waals surface area contributed by atoms with Crippen LogP contribution in [0, 0.1) is 5.92 Å². The number of rotatable bonds is 7. The van der Waals surface area contributed by atoms with Gasteiger partial charge in [0.1, 0.15) is 10.6 Å². The minimum Gasteiger partial charge on any atom is -0.383 e. The second-order valence-corrected chi connectivity index (χ2v) is 7.60. The molecule has 2 aromatic heterocycles. The number of carbonyl (C=O) groups excluding carboxylic acids is 1.